The van der Waals surface area contributed by atoms with Gasteiger partial charge in [-0.05, 0) is 63.7 Å². The number of nitrogens with zero attached hydrogens (tertiary/aromatic N) is 1. The molecule has 2 nitrogen and oxygen atoms in total. The Bertz CT molecular complexity index is 462. The quantitative estimate of drug-likeness (QED) is 0.868. The summed E-state index contributed by atoms with van der Waals surface area (Å²) in [5.41, 5.74) is 1.14. The summed E-state index contributed by atoms with van der Waals surface area (Å²) in [7, 11) is 2.29. The van der Waals surface area contributed by atoms with Gasteiger partial charge in [-0.2, -0.15) is 0 Å². The van der Waals surface area contributed by atoms with Crippen molar-refractivity contribution in [1.82, 2.24) is 10.2 Å². The summed E-state index contributed by atoms with van der Waals surface area (Å²) in [5.74, 6) is 0.805. The Labute approximate surface area is 135 Å². The molecule has 1 aromatic rings. The number of fused-ring (bicyclic) bond motifs is 2. The van der Waals surface area contributed by atoms with Crippen molar-refractivity contribution in [3.8, 4) is 0 Å². The normalized spacial score (nSPS) is 31.7. The number of nitrogens with one attached hydrogen (secondary N) is 1. The smallest absolute Gasteiger partial charge is 0.0991 e. The first-order chi connectivity index (χ1) is 9.54. The van der Waals surface area contributed by atoms with Crippen molar-refractivity contribution in [2.45, 2.75) is 50.7 Å². The van der Waals surface area contributed by atoms with Gasteiger partial charge in [0, 0.05) is 18.1 Å². The molecule has 1 N–H and O–H groups in total. The van der Waals surface area contributed by atoms with Gasteiger partial charge in [-0.3, -0.25) is 0 Å². The predicted octanol–water partition coefficient (Wildman–Crippen LogP) is 4.58. The highest BCUT2D eigenvalue weighted by atomic mass is 35.5. The highest BCUT2D eigenvalue weighted by Crippen LogP contribution is 2.38. The van der Waals surface area contributed by atoms with E-state index in [4.69, 9.17) is 23.2 Å². The Morgan fingerprint density at radius 1 is 1.35 bits per heavy atom. The molecule has 3 rings (SSSR count). The van der Waals surface area contributed by atoms with Gasteiger partial charge in [0.1, 0.15) is 0 Å². The van der Waals surface area contributed by atoms with Crippen LogP contribution in [-0.2, 0) is 0 Å². The van der Waals surface area contributed by atoms with Crippen LogP contribution in [0.3, 0.4) is 0 Å². The van der Waals surface area contributed by atoms with Crippen molar-refractivity contribution >= 4 is 34.5 Å². The van der Waals surface area contributed by atoms with E-state index in [0.717, 1.165) is 38.8 Å². The molecule has 3 heterocycles. The van der Waals surface area contributed by atoms with Gasteiger partial charge in [-0.25, -0.2) is 0 Å². The van der Waals surface area contributed by atoms with E-state index in [9.17, 15) is 0 Å². The van der Waals surface area contributed by atoms with E-state index < -0.39 is 0 Å². The van der Waals surface area contributed by atoms with Crippen LogP contribution in [0.1, 0.15) is 44.2 Å². The molecule has 2 saturated heterocycles. The molecule has 112 valence electrons. The van der Waals surface area contributed by atoms with Gasteiger partial charge in [-0.1, -0.05) is 23.2 Å². The van der Waals surface area contributed by atoms with E-state index in [2.05, 4.69) is 24.2 Å². The first kappa shape index (κ1) is 15.1. The summed E-state index contributed by atoms with van der Waals surface area (Å²) in [6.45, 7) is 3.26. The zero-order valence-electron chi connectivity index (χ0n) is 12.0. The Balaban J connectivity index is 1.54. The fourth-order valence-electron chi connectivity index (χ4n) is 3.79. The van der Waals surface area contributed by atoms with Gasteiger partial charge in [0.05, 0.1) is 8.67 Å². The third kappa shape index (κ3) is 3.02. The van der Waals surface area contributed by atoms with E-state index in [1.807, 2.05) is 6.07 Å². The molecule has 2 aliphatic heterocycles. The second-order valence-corrected chi connectivity index (χ2v) is 8.58. The Hall–Kier alpha value is 0.200. The fourth-order valence-corrected chi connectivity index (χ4v) is 5.44. The minimum atomic E-state index is 0.281. The minimum Gasteiger partial charge on any atom is -0.310 e. The molecule has 0 saturated carbocycles. The van der Waals surface area contributed by atoms with E-state index >= 15 is 0 Å². The van der Waals surface area contributed by atoms with Gasteiger partial charge in [0.15, 0.2) is 0 Å². The van der Waals surface area contributed by atoms with Crippen LogP contribution < -0.4 is 5.32 Å². The number of halogens is 2. The molecule has 0 radical (unpaired) electrons. The molecule has 2 aliphatic rings. The third-order valence-corrected chi connectivity index (χ3v) is 6.58. The van der Waals surface area contributed by atoms with Crippen LogP contribution in [-0.4, -0.2) is 30.6 Å². The fraction of sp³-hybridized carbons (Fsp3) is 0.733. The lowest BCUT2D eigenvalue weighted by Gasteiger charge is -2.36. The van der Waals surface area contributed by atoms with E-state index in [1.165, 1.54) is 37.0 Å². The third-order valence-electron chi connectivity index (χ3n) is 5.06. The summed E-state index contributed by atoms with van der Waals surface area (Å²) in [5, 5.41) is 3.65. The maximum atomic E-state index is 6.22. The van der Waals surface area contributed by atoms with Crippen molar-refractivity contribution < 1.29 is 0 Å². The lowest BCUT2D eigenvalue weighted by Crippen LogP contribution is -2.42. The maximum absolute atomic E-state index is 6.22. The zero-order valence-corrected chi connectivity index (χ0v) is 14.4. The summed E-state index contributed by atoms with van der Waals surface area (Å²) in [6, 6.07) is 3.90. The number of hydrogen-bond acceptors (Lipinski definition) is 3. The van der Waals surface area contributed by atoms with Gasteiger partial charge < -0.3 is 10.2 Å². The molecule has 20 heavy (non-hydrogen) atoms. The van der Waals surface area contributed by atoms with Gasteiger partial charge >= 0.3 is 0 Å². The Morgan fingerprint density at radius 3 is 2.55 bits per heavy atom. The SMILES string of the molecule is CC(NCC1CC2CCC(C1)N2C)c1cc(Cl)sc1Cl. The number of thiophene rings is 1. The summed E-state index contributed by atoms with van der Waals surface area (Å²) in [6.07, 6.45) is 5.45. The molecule has 3 atom stereocenters. The molecule has 0 spiro atoms. The predicted molar refractivity (Wildman–Crippen MR) is 88.1 cm³/mol. The summed E-state index contributed by atoms with van der Waals surface area (Å²) >= 11 is 13.7. The largest absolute Gasteiger partial charge is 0.310 e. The molecule has 3 unspecified atom stereocenters. The summed E-state index contributed by atoms with van der Waals surface area (Å²) < 4.78 is 1.59. The highest BCUT2D eigenvalue weighted by molar-refractivity contribution is 7.20. The van der Waals surface area contributed by atoms with E-state index in [-0.39, 0.29) is 6.04 Å². The molecule has 2 fully saturated rings. The van der Waals surface area contributed by atoms with Crippen LogP contribution in [0.2, 0.25) is 8.67 Å². The van der Waals surface area contributed by atoms with Crippen molar-refractivity contribution in [3.05, 3.63) is 20.3 Å². The standard InChI is InChI=1S/C15H22Cl2N2S/c1-9(13-7-14(16)20-15(13)17)18-8-10-5-11-3-4-12(6-10)19(11)2/h7,9-12,18H,3-6,8H2,1-2H3. The van der Waals surface area contributed by atoms with E-state index in [0.29, 0.717) is 0 Å². The maximum Gasteiger partial charge on any atom is 0.0991 e. The van der Waals surface area contributed by atoms with Gasteiger partial charge in [0.2, 0.25) is 0 Å². The average molecular weight is 333 g/mol. The van der Waals surface area contributed by atoms with Crippen LogP contribution in [0.25, 0.3) is 0 Å². The summed E-state index contributed by atoms with van der Waals surface area (Å²) in [4.78, 5) is 2.59. The van der Waals surface area contributed by atoms with Crippen molar-refractivity contribution in [2.75, 3.05) is 13.6 Å². The second-order valence-electron chi connectivity index (χ2n) is 6.30. The van der Waals surface area contributed by atoms with Crippen LogP contribution in [0.4, 0.5) is 0 Å². The van der Waals surface area contributed by atoms with Crippen LogP contribution >= 0.6 is 34.5 Å². The highest BCUT2D eigenvalue weighted by Gasteiger charge is 2.38. The van der Waals surface area contributed by atoms with E-state index in [1.54, 1.807) is 0 Å². The van der Waals surface area contributed by atoms with Crippen molar-refractivity contribution in [2.24, 2.45) is 5.92 Å². The molecule has 0 aliphatic carbocycles. The Morgan fingerprint density at radius 2 is 2.00 bits per heavy atom. The van der Waals surface area contributed by atoms with Crippen molar-refractivity contribution in [3.63, 3.8) is 0 Å². The van der Waals surface area contributed by atoms with Crippen molar-refractivity contribution in [1.29, 1.82) is 0 Å². The number of piperidine rings is 1. The number of hydrogen-bond donors (Lipinski definition) is 1. The first-order valence-corrected chi connectivity index (χ1v) is 9.02. The van der Waals surface area contributed by atoms with Gasteiger partial charge in [0.25, 0.3) is 0 Å². The minimum absolute atomic E-state index is 0.281. The second kappa shape index (κ2) is 6.13. The molecule has 2 bridgehead atoms. The van der Waals surface area contributed by atoms with Crippen LogP contribution in [0.5, 0.6) is 0 Å². The number of rotatable bonds is 4. The van der Waals surface area contributed by atoms with Crippen LogP contribution in [0, 0.1) is 5.92 Å². The van der Waals surface area contributed by atoms with Gasteiger partial charge in [-0.15, -0.1) is 11.3 Å². The molecule has 0 aromatic carbocycles. The van der Waals surface area contributed by atoms with Crippen LogP contribution in [0.15, 0.2) is 6.07 Å². The Kier molecular flexibility index (Phi) is 4.63. The topological polar surface area (TPSA) is 15.3 Å². The monoisotopic (exact) mass is 332 g/mol. The molecular formula is C15H22Cl2N2S. The average Bonchev–Trinajstić information content (AvgIpc) is 2.83. The molecular weight excluding hydrogens is 311 g/mol. The lowest BCUT2D eigenvalue weighted by molar-refractivity contribution is 0.131. The molecule has 0 amide bonds. The lowest BCUT2D eigenvalue weighted by atomic mass is 9.91. The zero-order chi connectivity index (χ0) is 14.3. The first-order valence-electron chi connectivity index (χ1n) is 7.44. The molecule has 5 heteroatoms. The molecule has 1 aromatic heterocycles.